The van der Waals surface area contributed by atoms with Crippen molar-refractivity contribution >= 4 is 6.09 Å². The smallest absolute Gasteiger partial charge is 0.407 e. The average Bonchev–Trinajstić information content (AvgIpc) is 3.04. The van der Waals surface area contributed by atoms with Gasteiger partial charge in [-0.25, -0.2) is 9.78 Å². The zero-order valence-corrected chi connectivity index (χ0v) is 15.6. The van der Waals surface area contributed by atoms with Crippen molar-refractivity contribution in [2.24, 2.45) is 0 Å². The highest BCUT2D eigenvalue weighted by Gasteiger charge is 2.28. The van der Waals surface area contributed by atoms with E-state index in [1.54, 1.807) is 6.20 Å². The zero-order valence-electron chi connectivity index (χ0n) is 15.6. The number of benzene rings is 2. The number of rotatable bonds is 3. The van der Waals surface area contributed by atoms with Crippen molar-refractivity contribution in [1.29, 1.82) is 0 Å². The summed E-state index contributed by atoms with van der Waals surface area (Å²) >= 11 is 0. The van der Waals surface area contributed by atoms with E-state index in [0.29, 0.717) is 12.3 Å². The summed E-state index contributed by atoms with van der Waals surface area (Å²) in [6.07, 6.45) is 1.26. The Hall–Kier alpha value is -3.58. The Bertz CT molecular complexity index is 1030. The van der Waals surface area contributed by atoms with E-state index >= 15 is 0 Å². The van der Waals surface area contributed by atoms with Crippen LogP contribution >= 0.6 is 0 Å². The van der Waals surface area contributed by atoms with Crippen molar-refractivity contribution in [3.05, 3.63) is 89.2 Å². The first-order valence-corrected chi connectivity index (χ1v) is 9.23. The van der Waals surface area contributed by atoms with Gasteiger partial charge in [-0.2, -0.15) is 0 Å². The highest BCUT2D eigenvalue weighted by molar-refractivity contribution is 5.79. The number of alkyl carbamates (subject to hydrolysis) is 1. The molecular formula is C24H20N2O2. The second kappa shape index (κ2) is 7.98. The number of hydrogen-bond acceptors (Lipinski definition) is 3. The molecular weight excluding hydrogens is 348 g/mol. The quantitative estimate of drug-likeness (QED) is 0.702. The lowest BCUT2D eigenvalue weighted by molar-refractivity contribution is 0.144. The summed E-state index contributed by atoms with van der Waals surface area (Å²) in [6, 6.07) is 20.4. The van der Waals surface area contributed by atoms with E-state index in [2.05, 4.69) is 46.4 Å². The molecule has 0 unspecified atom stereocenters. The van der Waals surface area contributed by atoms with Crippen molar-refractivity contribution in [2.45, 2.75) is 12.8 Å². The summed E-state index contributed by atoms with van der Waals surface area (Å²) in [5, 5.41) is 2.68. The Balaban J connectivity index is 1.35. The third kappa shape index (κ3) is 3.74. The van der Waals surface area contributed by atoms with Gasteiger partial charge >= 0.3 is 6.09 Å². The third-order valence-electron chi connectivity index (χ3n) is 4.80. The predicted octanol–water partition coefficient (Wildman–Crippen LogP) is 4.28. The van der Waals surface area contributed by atoms with Crippen LogP contribution in [-0.4, -0.2) is 24.2 Å². The lowest BCUT2D eigenvalue weighted by Crippen LogP contribution is -2.26. The van der Waals surface area contributed by atoms with Crippen LogP contribution in [0.4, 0.5) is 4.79 Å². The monoisotopic (exact) mass is 368 g/mol. The van der Waals surface area contributed by atoms with Crippen LogP contribution in [0.2, 0.25) is 0 Å². The minimum absolute atomic E-state index is 0.0562. The van der Waals surface area contributed by atoms with Crippen LogP contribution in [0.1, 0.15) is 28.3 Å². The first-order chi connectivity index (χ1) is 13.7. The first-order valence-electron chi connectivity index (χ1n) is 9.23. The molecule has 0 saturated carbocycles. The van der Waals surface area contributed by atoms with E-state index in [0.717, 1.165) is 5.56 Å². The molecule has 1 aliphatic rings. The predicted molar refractivity (Wildman–Crippen MR) is 109 cm³/mol. The highest BCUT2D eigenvalue weighted by Crippen LogP contribution is 2.44. The van der Waals surface area contributed by atoms with Gasteiger partial charge in [0.05, 0.1) is 6.54 Å². The van der Waals surface area contributed by atoms with Crippen molar-refractivity contribution in [2.75, 3.05) is 13.2 Å². The molecule has 3 aromatic rings. The number of pyridine rings is 1. The molecule has 0 bridgehead atoms. The molecule has 0 atom stereocenters. The summed E-state index contributed by atoms with van der Waals surface area (Å²) in [5.41, 5.74) is 6.61. The lowest BCUT2D eigenvalue weighted by Gasteiger charge is -2.14. The topological polar surface area (TPSA) is 51.2 Å². The Labute approximate surface area is 164 Å². The minimum Gasteiger partial charge on any atom is -0.449 e. The van der Waals surface area contributed by atoms with Crippen LogP contribution in [0, 0.1) is 18.8 Å². The Morgan fingerprint density at radius 2 is 1.75 bits per heavy atom. The molecule has 2 aromatic carbocycles. The molecule has 0 fully saturated rings. The normalized spacial score (nSPS) is 11.8. The van der Waals surface area contributed by atoms with E-state index in [9.17, 15) is 4.79 Å². The number of carbonyl (C=O) groups excluding carboxylic acids is 1. The summed E-state index contributed by atoms with van der Waals surface area (Å²) in [7, 11) is 0. The number of aryl methyl sites for hydroxylation is 1. The number of nitrogens with zero attached hydrogens (tertiary/aromatic N) is 1. The molecule has 1 aromatic heterocycles. The first kappa shape index (κ1) is 17.8. The lowest BCUT2D eigenvalue weighted by atomic mass is 9.98. The summed E-state index contributed by atoms with van der Waals surface area (Å²) < 4.78 is 5.48. The molecule has 4 heteroatoms. The van der Waals surface area contributed by atoms with Gasteiger partial charge in [-0.3, -0.25) is 0 Å². The van der Waals surface area contributed by atoms with Crippen molar-refractivity contribution in [3.8, 4) is 23.0 Å². The van der Waals surface area contributed by atoms with Gasteiger partial charge in [-0.15, -0.1) is 0 Å². The number of fused-ring (bicyclic) bond motifs is 3. The van der Waals surface area contributed by atoms with E-state index in [-0.39, 0.29) is 12.5 Å². The molecule has 0 spiro atoms. The van der Waals surface area contributed by atoms with Gasteiger partial charge in [-0.05, 0) is 52.8 Å². The molecule has 28 heavy (non-hydrogen) atoms. The molecule has 0 aliphatic heterocycles. The number of carbonyl (C=O) groups is 1. The highest BCUT2D eigenvalue weighted by atomic mass is 16.5. The number of aromatic nitrogens is 1. The average molecular weight is 368 g/mol. The van der Waals surface area contributed by atoms with Crippen LogP contribution in [0.3, 0.4) is 0 Å². The molecule has 1 aliphatic carbocycles. The van der Waals surface area contributed by atoms with E-state index in [1.807, 2.05) is 43.3 Å². The van der Waals surface area contributed by atoms with Gasteiger partial charge in [0, 0.05) is 12.1 Å². The van der Waals surface area contributed by atoms with Gasteiger partial charge in [0.1, 0.15) is 12.3 Å². The number of nitrogens with one attached hydrogen (secondary N) is 1. The van der Waals surface area contributed by atoms with Gasteiger partial charge in [0.2, 0.25) is 0 Å². The Morgan fingerprint density at radius 3 is 2.43 bits per heavy atom. The van der Waals surface area contributed by atoms with Gasteiger partial charge < -0.3 is 10.1 Å². The fraction of sp³-hybridized carbons (Fsp3) is 0.167. The molecule has 1 amide bonds. The summed E-state index contributed by atoms with van der Waals surface area (Å²) in [5.74, 6) is 5.88. The zero-order chi connectivity index (χ0) is 19.3. The van der Waals surface area contributed by atoms with Crippen LogP contribution in [0.25, 0.3) is 11.1 Å². The molecule has 4 rings (SSSR count). The van der Waals surface area contributed by atoms with Gasteiger partial charge in [0.25, 0.3) is 0 Å². The molecule has 138 valence electrons. The third-order valence-corrected chi connectivity index (χ3v) is 4.80. The minimum atomic E-state index is -0.464. The summed E-state index contributed by atoms with van der Waals surface area (Å²) in [6.45, 7) is 2.50. The maximum absolute atomic E-state index is 12.1. The van der Waals surface area contributed by atoms with Gasteiger partial charge in [0.15, 0.2) is 0 Å². The van der Waals surface area contributed by atoms with E-state index < -0.39 is 6.09 Å². The van der Waals surface area contributed by atoms with Crippen molar-refractivity contribution < 1.29 is 9.53 Å². The molecule has 0 radical (unpaired) electrons. The van der Waals surface area contributed by atoms with Gasteiger partial charge in [-0.1, -0.05) is 54.5 Å². The number of amides is 1. The van der Waals surface area contributed by atoms with E-state index in [4.69, 9.17) is 4.74 Å². The molecule has 0 saturated heterocycles. The second-order valence-corrected chi connectivity index (χ2v) is 6.70. The fourth-order valence-electron chi connectivity index (χ4n) is 3.51. The summed E-state index contributed by atoms with van der Waals surface area (Å²) in [4.78, 5) is 16.2. The maximum Gasteiger partial charge on any atom is 0.407 e. The van der Waals surface area contributed by atoms with Crippen molar-refractivity contribution in [1.82, 2.24) is 10.3 Å². The molecule has 1 N–H and O–H groups in total. The largest absolute Gasteiger partial charge is 0.449 e. The van der Waals surface area contributed by atoms with E-state index in [1.165, 1.54) is 22.3 Å². The standard InChI is InChI=1S/C24H20N2O2/c1-17-12-14-25-18(15-17)7-6-13-26-24(27)28-16-23-21-10-4-2-8-19(21)20-9-3-5-11-22(20)23/h2-5,8-12,14-15,23H,13,16H2,1H3,(H,26,27). The van der Waals surface area contributed by atoms with Crippen LogP contribution in [-0.2, 0) is 4.74 Å². The van der Waals surface area contributed by atoms with Crippen LogP contribution in [0.5, 0.6) is 0 Å². The number of ether oxygens (including phenoxy) is 1. The number of hydrogen-bond donors (Lipinski definition) is 1. The van der Waals surface area contributed by atoms with Crippen molar-refractivity contribution in [3.63, 3.8) is 0 Å². The fourth-order valence-corrected chi connectivity index (χ4v) is 3.51. The Morgan fingerprint density at radius 1 is 1.07 bits per heavy atom. The second-order valence-electron chi connectivity index (χ2n) is 6.70. The van der Waals surface area contributed by atoms with Crippen LogP contribution < -0.4 is 5.32 Å². The molecule has 4 nitrogen and oxygen atoms in total. The Kier molecular flexibility index (Phi) is 5.07. The SMILES string of the molecule is Cc1ccnc(C#CCNC(=O)OCC2c3ccccc3-c3ccccc32)c1. The van der Waals surface area contributed by atoms with Crippen LogP contribution in [0.15, 0.2) is 66.9 Å². The maximum atomic E-state index is 12.1. The molecule has 1 heterocycles.